The van der Waals surface area contributed by atoms with Crippen LogP contribution in [0.4, 0.5) is 0 Å². The first-order valence-electron chi connectivity index (χ1n) is 7.63. The summed E-state index contributed by atoms with van der Waals surface area (Å²) in [7, 11) is 0. The second-order valence-electron chi connectivity index (χ2n) is 5.76. The van der Waals surface area contributed by atoms with Crippen LogP contribution < -0.4 is 11.1 Å². The second kappa shape index (κ2) is 6.76. The van der Waals surface area contributed by atoms with E-state index in [0.717, 1.165) is 18.4 Å². The van der Waals surface area contributed by atoms with Gasteiger partial charge >= 0.3 is 0 Å². The number of carbonyl (C=O) groups excluding carboxylic acids is 1. The monoisotopic (exact) mass is 287 g/mol. The summed E-state index contributed by atoms with van der Waals surface area (Å²) < 4.78 is 0. The Bertz CT molecular complexity index is 618. The van der Waals surface area contributed by atoms with Crippen molar-refractivity contribution in [3.05, 3.63) is 35.5 Å². The van der Waals surface area contributed by atoms with Gasteiger partial charge in [-0.1, -0.05) is 32.4 Å². The van der Waals surface area contributed by atoms with Crippen molar-refractivity contribution in [2.24, 2.45) is 11.7 Å². The second-order valence-corrected chi connectivity index (χ2v) is 5.76. The summed E-state index contributed by atoms with van der Waals surface area (Å²) in [4.78, 5) is 15.2. The van der Waals surface area contributed by atoms with Crippen molar-refractivity contribution in [1.29, 1.82) is 0 Å². The Kier molecular flexibility index (Phi) is 5.02. The summed E-state index contributed by atoms with van der Waals surface area (Å²) in [5.74, 6) is 0.154. The number of hydrogen-bond acceptors (Lipinski definition) is 2. The first-order chi connectivity index (χ1) is 10.0. The van der Waals surface area contributed by atoms with Crippen LogP contribution in [-0.4, -0.2) is 23.5 Å². The molecular weight excluding hydrogens is 262 g/mol. The topological polar surface area (TPSA) is 70.9 Å². The number of H-pyrrole nitrogens is 1. The highest BCUT2D eigenvalue weighted by molar-refractivity contribution is 5.86. The van der Waals surface area contributed by atoms with E-state index < -0.39 is 6.04 Å². The van der Waals surface area contributed by atoms with E-state index in [1.165, 1.54) is 16.5 Å². The number of nitrogens with two attached hydrogens (primary N) is 1. The fourth-order valence-electron chi connectivity index (χ4n) is 2.60. The molecule has 0 spiro atoms. The molecule has 0 saturated carbocycles. The standard InChI is InChI=1S/C17H25N3O/c1-4-11(2)16(18)17(21)19-9-8-13-10-20-14-7-5-6-12(3)15(13)14/h5-7,10-11,16,20H,4,8-9,18H2,1-3H3,(H,19,21). The maximum atomic E-state index is 12.0. The van der Waals surface area contributed by atoms with E-state index in [9.17, 15) is 4.79 Å². The summed E-state index contributed by atoms with van der Waals surface area (Å²) in [6.45, 7) is 6.78. The van der Waals surface area contributed by atoms with Crippen LogP contribution >= 0.6 is 0 Å². The van der Waals surface area contributed by atoms with Gasteiger partial charge in [-0.25, -0.2) is 0 Å². The molecule has 4 N–H and O–H groups in total. The third-order valence-electron chi connectivity index (χ3n) is 4.25. The number of hydrogen-bond donors (Lipinski definition) is 3. The third kappa shape index (κ3) is 3.45. The van der Waals surface area contributed by atoms with E-state index in [0.29, 0.717) is 6.54 Å². The Balaban J connectivity index is 1.95. The molecule has 114 valence electrons. The number of fused-ring (bicyclic) bond motifs is 1. The van der Waals surface area contributed by atoms with Crippen molar-refractivity contribution in [1.82, 2.24) is 10.3 Å². The smallest absolute Gasteiger partial charge is 0.237 e. The molecule has 0 aliphatic heterocycles. The Morgan fingerprint density at radius 3 is 2.90 bits per heavy atom. The molecule has 0 bridgehead atoms. The highest BCUT2D eigenvalue weighted by Gasteiger charge is 2.18. The van der Waals surface area contributed by atoms with Gasteiger partial charge in [-0.2, -0.15) is 0 Å². The molecule has 0 fully saturated rings. The zero-order chi connectivity index (χ0) is 15.4. The van der Waals surface area contributed by atoms with Crippen molar-refractivity contribution in [3.8, 4) is 0 Å². The van der Waals surface area contributed by atoms with E-state index in [4.69, 9.17) is 5.73 Å². The number of carbonyl (C=O) groups is 1. The lowest BCUT2D eigenvalue weighted by molar-refractivity contribution is -0.123. The molecule has 1 aromatic carbocycles. The number of aromatic amines is 1. The van der Waals surface area contributed by atoms with E-state index in [-0.39, 0.29) is 11.8 Å². The molecule has 1 heterocycles. The number of amides is 1. The Hall–Kier alpha value is -1.81. The van der Waals surface area contributed by atoms with E-state index in [2.05, 4.69) is 29.4 Å². The van der Waals surface area contributed by atoms with Crippen molar-refractivity contribution < 1.29 is 4.79 Å². The lowest BCUT2D eigenvalue weighted by Crippen LogP contribution is -2.45. The average Bonchev–Trinajstić information content (AvgIpc) is 2.90. The van der Waals surface area contributed by atoms with Gasteiger partial charge in [0.2, 0.25) is 5.91 Å². The predicted octanol–water partition coefficient (Wildman–Crippen LogP) is 2.51. The highest BCUT2D eigenvalue weighted by atomic mass is 16.2. The van der Waals surface area contributed by atoms with Gasteiger partial charge in [-0.3, -0.25) is 4.79 Å². The summed E-state index contributed by atoms with van der Waals surface area (Å²) in [5.41, 5.74) is 9.57. The van der Waals surface area contributed by atoms with Crippen LogP contribution in [-0.2, 0) is 11.2 Å². The molecule has 1 amide bonds. The van der Waals surface area contributed by atoms with Crippen LogP contribution in [0.15, 0.2) is 24.4 Å². The minimum atomic E-state index is -0.417. The summed E-state index contributed by atoms with van der Waals surface area (Å²) >= 11 is 0. The molecule has 0 aliphatic rings. The van der Waals surface area contributed by atoms with Crippen LogP contribution in [0.2, 0.25) is 0 Å². The average molecular weight is 287 g/mol. The van der Waals surface area contributed by atoms with Crippen molar-refractivity contribution in [3.63, 3.8) is 0 Å². The minimum absolute atomic E-state index is 0.0547. The van der Waals surface area contributed by atoms with Gasteiger partial charge < -0.3 is 16.0 Å². The van der Waals surface area contributed by atoms with Gasteiger partial charge in [-0.15, -0.1) is 0 Å². The van der Waals surface area contributed by atoms with Crippen LogP contribution in [0, 0.1) is 12.8 Å². The molecule has 1 aromatic heterocycles. The fourth-order valence-corrected chi connectivity index (χ4v) is 2.60. The van der Waals surface area contributed by atoms with E-state index >= 15 is 0 Å². The van der Waals surface area contributed by atoms with Crippen LogP contribution in [0.3, 0.4) is 0 Å². The highest BCUT2D eigenvalue weighted by Crippen LogP contribution is 2.22. The molecule has 2 rings (SSSR count). The van der Waals surface area contributed by atoms with Crippen LogP contribution in [0.5, 0.6) is 0 Å². The summed E-state index contributed by atoms with van der Waals surface area (Å²) in [5, 5.41) is 4.20. The van der Waals surface area contributed by atoms with Gasteiger partial charge in [-0.05, 0) is 36.5 Å². The third-order valence-corrected chi connectivity index (χ3v) is 4.25. The van der Waals surface area contributed by atoms with Crippen LogP contribution in [0.25, 0.3) is 10.9 Å². The number of aromatic nitrogens is 1. The molecule has 21 heavy (non-hydrogen) atoms. The Morgan fingerprint density at radius 1 is 1.43 bits per heavy atom. The molecule has 0 aliphatic carbocycles. The fraction of sp³-hybridized carbons (Fsp3) is 0.471. The number of benzene rings is 1. The van der Waals surface area contributed by atoms with Gasteiger partial charge in [0, 0.05) is 23.6 Å². The van der Waals surface area contributed by atoms with Gasteiger partial charge in [0.05, 0.1) is 6.04 Å². The van der Waals surface area contributed by atoms with Gasteiger partial charge in [0.1, 0.15) is 0 Å². The molecule has 4 heteroatoms. The quantitative estimate of drug-likeness (QED) is 0.764. The summed E-state index contributed by atoms with van der Waals surface area (Å²) in [6.07, 6.45) is 3.75. The normalized spacial score (nSPS) is 14.1. The number of aryl methyl sites for hydroxylation is 1. The zero-order valence-corrected chi connectivity index (χ0v) is 13.1. The molecule has 2 aromatic rings. The van der Waals surface area contributed by atoms with E-state index in [1.807, 2.05) is 26.1 Å². The van der Waals surface area contributed by atoms with Gasteiger partial charge in [0.15, 0.2) is 0 Å². The Labute approximate surface area is 126 Å². The first kappa shape index (κ1) is 15.6. The lowest BCUT2D eigenvalue weighted by atomic mass is 9.99. The molecule has 2 atom stereocenters. The largest absolute Gasteiger partial charge is 0.361 e. The SMILES string of the molecule is CCC(C)C(N)C(=O)NCCc1c[nH]c2cccc(C)c12. The zero-order valence-electron chi connectivity index (χ0n) is 13.1. The number of nitrogens with one attached hydrogen (secondary N) is 2. The van der Waals surface area contributed by atoms with Crippen molar-refractivity contribution >= 4 is 16.8 Å². The van der Waals surface area contributed by atoms with Crippen molar-refractivity contribution in [2.45, 2.75) is 39.7 Å². The van der Waals surface area contributed by atoms with Crippen LogP contribution in [0.1, 0.15) is 31.4 Å². The maximum absolute atomic E-state index is 12.0. The molecule has 0 radical (unpaired) electrons. The summed E-state index contributed by atoms with van der Waals surface area (Å²) in [6, 6.07) is 5.81. The molecule has 2 unspecified atom stereocenters. The lowest BCUT2D eigenvalue weighted by Gasteiger charge is -2.17. The number of rotatable bonds is 6. The Morgan fingerprint density at radius 2 is 2.19 bits per heavy atom. The predicted molar refractivity (Wildman–Crippen MR) is 87.2 cm³/mol. The van der Waals surface area contributed by atoms with Crippen molar-refractivity contribution in [2.75, 3.05) is 6.54 Å². The van der Waals surface area contributed by atoms with Gasteiger partial charge in [0.25, 0.3) is 0 Å². The molecule has 0 saturated heterocycles. The molecular formula is C17H25N3O. The minimum Gasteiger partial charge on any atom is -0.361 e. The maximum Gasteiger partial charge on any atom is 0.237 e. The first-order valence-corrected chi connectivity index (χ1v) is 7.63. The molecule has 4 nitrogen and oxygen atoms in total. The van der Waals surface area contributed by atoms with E-state index in [1.54, 1.807) is 0 Å².